The summed E-state index contributed by atoms with van der Waals surface area (Å²) in [6, 6.07) is 1.73. The molecule has 8 nitrogen and oxygen atoms in total. The first-order chi connectivity index (χ1) is 10.3. The van der Waals surface area contributed by atoms with Crippen molar-refractivity contribution >= 4 is 11.9 Å². The van der Waals surface area contributed by atoms with Gasteiger partial charge in [-0.3, -0.25) is 4.79 Å². The van der Waals surface area contributed by atoms with E-state index < -0.39 is 18.0 Å². The van der Waals surface area contributed by atoms with Crippen molar-refractivity contribution in [3.05, 3.63) is 41.4 Å². The molecule has 1 aromatic heterocycles. The number of carboxylic acids is 1. The molecule has 1 atom stereocenters. The van der Waals surface area contributed by atoms with Gasteiger partial charge in [-0.2, -0.15) is 10.4 Å². The Morgan fingerprint density at radius 3 is 2.68 bits per heavy atom. The largest absolute Gasteiger partial charge is 0.478 e. The summed E-state index contributed by atoms with van der Waals surface area (Å²) in [4.78, 5) is 22.3. The molecular formula is C14H17N5O3. The molecule has 8 heteroatoms. The van der Waals surface area contributed by atoms with Crippen molar-refractivity contribution in [1.82, 2.24) is 15.1 Å². The molecule has 22 heavy (non-hydrogen) atoms. The normalized spacial score (nSPS) is 12.3. The van der Waals surface area contributed by atoms with Crippen LogP contribution in [0.25, 0.3) is 0 Å². The molecule has 0 aliphatic carbocycles. The molecule has 0 aromatic carbocycles. The van der Waals surface area contributed by atoms with Crippen LogP contribution >= 0.6 is 0 Å². The summed E-state index contributed by atoms with van der Waals surface area (Å²) in [7, 11) is 0. The Hall–Kier alpha value is -3.08. The van der Waals surface area contributed by atoms with Crippen molar-refractivity contribution in [2.45, 2.75) is 26.4 Å². The van der Waals surface area contributed by atoms with E-state index in [2.05, 4.69) is 17.0 Å². The molecule has 0 aliphatic rings. The van der Waals surface area contributed by atoms with Gasteiger partial charge in [-0.15, -0.1) is 0 Å². The number of carbonyl (C=O) groups excluding carboxylic acids is 1. The number of nitriles is 1. The van der Waals surface area contributed by atoms with Gasteiger partial charge in [0.1, 0.15) is 17.8 Å². The molecule has 4 N–H and O–H groups in total. The summed E-state index contributed by atoms with van der Waals surface area (Å²) in [6.07, 6.45) is 2.83. The lowest BCUT2D eigenvalue weighted by atomic mass is 10.1. The number of rotatable bonds is 7. The third-order valence-corrected chi connectivity index (χ3v) is 2.99. The Morgan fingerprint density at radius 2 is 2.32 bits per heavy atom. The van der Waals surface area contributed by atoms with E-state index in [0.29, 0.717) is 12.1 Å². The fourth-order valence-corrected chi connectivity index (χ4v) is 1.89. The minimum Gasteiger partial charge on any atom is -0.478 e. The van der Waals surface area contributed by atoms with Crippen molar-refractivity contribution in [3.8, 4) is 6.07 Å². The summed E-state index contributed by atoms with van der Waals surface area (Å²) in [5.74, 6) is -1.86. The lowest BCUT2D eigenvalue weighted by Crippen LogP contribution is -2.29. The molecule has 1 heterocycles. The third kappa shape index (κ3) is 3.52. The highest BCUT2D eigenvalue weighted by Crippen LogP contribution is 2.15. The summed E-state index contributed by atoms with van der Waals surface area (Å²) >= 11 is 0. The highest BCUT2D eigenvalue weighted by atomic mass is 16.4. The maximum absolute atomic E-state index is 11.3. The minimum atomic E-state index is -1.23. The zero-order chi connectivity index (χ0) is 16.9. The number of nitrogens with zero attached hydrogens (tertiary/aromatic N) is 3. The Kier molecular flexibility index (Phi) is 5.46. The van der Waals surface area contributed by atoms with Crippen molar-refractivity contribution < 1.29 is 14.7 Å². The second-order valence-electron chi connectivity index (χ2n) is 4.40. The smallest absolute Gasteiger partial charge is 0.340 e. The van der Waals surface area contributed by atoms with E-state index in [4.69, 9.17) is 16.1 Å². The quantitative estimate of drug-likeness (QED) is 0.506. The summed E-state index contributed by atoms with van der Waals surface area (Å²) in [5, 5.41) is 24.8. The maximum Gasteiger partial charge on any atom is 0.340 e. The SMILES string of the molecule is C=C(NC(CC)n1cc(C(=O)O)c(C#N)n1)/C(=C\C)C(N)=O. The monoisotopic (exact) mass is 303 g/mol. The Bertz CT molecular complexity index is 681. The van der Waals surface area contributed by atoms with Crippen LogP contribution in [0.4, 0.5) is 0 Å². The molecule has 0 aliphatic heterocycles. The molecule has 1 amide bonds. The van der Waals surface area contributed by atoms with Crippen LogP contribution in [0, 0.1) is 11.3 Å². The standard InChI is InChI=1S/C14H17N5O3/c1-4-9(13(16)20)8(3)17-12(5-2)19-7-10(14(21)22)11(6-15)18-19/h4,7,12,17H,3,5H2,1-2H3,(H2,16,20)(H,21,22)/b9-4+. The molecule has 1 unspecified atom stereocenters. The Morgan fingerprint density at radius 1 is 1.68 bits per heavy atom. The number of nitrogens with two attached hydrogens (primary N) is 1. The number of amides is 1. The van der Waals surface area contributed by atoms with E-state index in [1.54, 1.807) is 13.0 Å². The number of hydrogen-bond donors (Lipinski definition) is 3. The minimum absolute atomic E-state index is 0.181. The average molecular weight is 303 g/mol. The van der Waals surface area contributed by atoms with E-state index in [1.807, 2.05) is 6.92 Å². The van der Waals surface area contributed by atoms with E-state index >= 15 is 0 Å². The predicted octanol–water partition coefficient (Wildman–Crippen LogP) is 0.896. The van der Waals surface area contributed by atoms with Gasteiger partial charge in [-0.25, -0.2) is 9.48 Å². The molecule has 0 fully saturated rings. The van der Waals surface area contributed by atoms with E-state index in [1.165, 1.54) is 17.0 Å². The van der Waals surface area contributed by atoms with Gasteiger partial charge in [-0.1, -0.05) is 19.6 Å². The maximum atomic E-state index is 11.3. The Balaban J connectivity index is 3.08. The summed E-state index contributed by atoms with van der Waals surface area (Å²) < 4.78 is 1.32. The van der Waals surface area contributed by atoms with Gasteiger partial charge in [0.05, 0.1) is 5.57 Å². The van der Waals surface area contributed by atoms with E-state index in [-0.39, 0.29) is 16.8 Å². The molecular weight excluding hydrogens is 286 g/mol. The van der Waals surface area contributed by atoms with Gasteiger partial charge >= 0.3 is 5.97 Å². The lowest BCUT2D eigenvalue weighted by Gasteiger charge is -2.20. The van der Waals surface area contributed by atoms with Crippen molar-refractivity contribution in [1.29, 1.82) is 5.26 Å². The number of hydrogen-bond acceptors (Lipinski definition) is 5. The van der Waals surface area contributed by atoms with Crippen LogP contribution < -0.4 is 11.1 Å². The molecule has 1 rings (SSSR count). The third-order valence-electron chi connectivity index (χ3n) is 2.99. The summed E-state index contributed by atoms with van der Waals surface area (Å²) in [5.41, 5.74) is 5.40. The number of aromatic nitrogens is 2. The van der Waals surface area contributed by atoms with Crippen LogP contribution in [-0.4, -0.2) is 26.8 Å². The van der Waals surface area contributed by atoms with Gasteiger partial charge in [0.25, 0.3) is 0 Å². The zero-order valence-corrected chi connectivity index (χ0v) is 12.3. The first kappa shape index (κ1) is 17.0. The zero-order valence-electron chi connectivity index (χ0n) is 12.3. The molecule has 1 aromatic rings. The highest BCUT2D eigenvalue weighted by molar-refractivity contribution is 5.96. The Labute approximate surface area is 127 Å². The number of carboxylic acid groups (broad SMARTS) is 1. The second kappa shape index (κ2) is 7.08. The number of primary amides is 1. The van der Waals surface area contributed by atoms with Crippen LogP contribution in [0.3, 0.4) is 0 Å². The lowest BCUT2D eigenvalue weighted by molar-refractivity contribution is -0.114. The summed E-state index contributed by atoms with van der Waals surface area (Å²) in [6.45, 7) is 7.23. The van der Waals surface area contributed by atoms with Crippen LogP contribution in [0.5, 0.6) is 0 Å². The van der Waals surface area contributed by atoms with Crippen molar-refractivity contribution in [2.75, 3.05) is 0 Å². The molecule has 0 saturated carbocycles. The van der Waals surface area contributed by atoms with Gasteiger partial charge in [0.2, 0.25) is 5.91 Å². The molecule has 0 saturated heterocycles. The highest BCUT2D eigenvalue weighted by Gasteiger charge is 2.20. The van der Waals surface area contributed by atoms with Crippen LogP contribution in [0.15, 0.2) is 30.1 Å². The van der Waals surface area contributed by atoms with Crippen LogP contribution in [0.1, 0.15) is 42.5 Å². The number of carbonyl (C=O) groups is 2. The second-order valence-corrected chi connectivity index (χ2v) is 4.40. The number of nitrogens with one attached hydrogen (secondary N) is 1. The van der Waals surface area contributed by atoms with Crippen LogP contribution in [0.2, 0.25) is 0 Å². The molecule has 116 valence electrons. The van der Waals surface area contributed by atoms with E-state index in [0.717, 1.165) is 0 Å². The van der Waals surface area contributed by atoms with Crippen molar-refractivity contribution in [3.63, 3.8) is 0 Å². The van der Waals surface area contributed by atoms with Gasteiger partial charge < -0.3 is 16.2 Å². The van der Waals surface area contributed by atoms with Crippen LogP contribution in [-0.2, 0) is 4.79 Å². The topological polar surface area (TPSA) is 134 Å². The fourth-order valence-electron chi connectivity index (χ4n) is 1.89. The first-order valence-electron chi connectivity index (χ1n) is 6.50. The van der Waals surface area contributed by atoms with Gasteiger partial charge in [0, 0.05) is 11.9 Å². The fraction of sp³-hybridized carbons (Fsp3) is 0.286. The average Bonchev–Trinajstić information content (AvgIpc) is 2.89. The van der Waals surface area contributed by atoms with E-state index in [9.17, 15) is 9.59 Å². The first-order valence-corrected chi connectivity index (χ1v) is 6.50. The van der Waals surface area contributed by atoms with Crippen molar-refractivity contribution in [2.24, 2.45) is 5.73 Å². The van der Waals surface area contributed by atoms with Gasteiger partial charge in [0.15, 0.2) is 5.69 Å². The molecule has 0 spiro atoms. The molecule has 0 radical (unpaired) electrons. The number of allylic oxidation sites excluding steroid dienone is 1. The predicted molar refractivity (Wildman–Crippen MR) is 78.5 cm³/mol. The molecule has 0 bridgehead atoms. The van der Waals surface area contributed by atoms with Gasteiger partial charge in [-0.05, 0) is 13.3 Å². The number of aromatic carboxylic acids is 1.